The number of aliphatic hydroxyl groups excluding tert-OH is 1. The Bertz CT molecular complexity index is 198. The molecule has 0 aromatic carbocycles. The lowest BCUT2D eigenvalue weighted by molar-refractivity contribution is 0.147. The second kappa shape index (κ2) is 5.86. The van der Waals surface area contributed by atoms with Gasteiger partial charge in [-0.1, -0.05) is 18.7 Å². The zero-order chi connectivity index (χ0) is 10.3. The molecule has 2 nitrogen and oxygen atoms in total. The highest BCUT2D eigenvalue weighted by Gasteiger charge is 2.27. The van der Waals surface area contributed by atoms with Crippen molar-refractivity contribution in [3.63, 3.8) is 0 Å². The average Bonchev–Trinajstić information content (AvgIpc) is 2.20. The van der Waals surface area contributed by atoms with Gasteiger partial charge >= 0.3 is 0 Å². The molecule has 14 heavy (non-hydrogen) atoms. The minimum Gasteiger partial charge on any atom is -0.502 e. The van der Waals surface area contributed by atoms with Crippen molar-refractivity contribution in [3.8, 4) is 0 Å². The van der Waals surface area contributed by atoms with Crippen LogP contribution in [-0.4, -0.2) is 18.3 Å². The standard InChI is InChI=1S/C12H20O2/c1-2-14-11-9-12(8-10-13)6-4-3-5-7-12/h2,4,6,13H,1,3,5,7-11H2. The molecule has 1 unspecified atom stereocenters. The van der Waals surface area contributed by atoms with Gasteiger partial charge in [-0.05, 0) is 37.5 Å². The lowest BCUT2D eigenvalue weighted by atomic mass is 9.74. The normalized spacial score (nSPS) is 26.1. The summed E-state index contributed by atoms with van der Waals surface area (Å²) in [7, 11) is 0. The van der Waals surface area contributed by atoms with Crippen LogP contribution in [0.2, 0.25) is 0 Å². The van der Waals surface area contributed by atoms with Crippen LogP contribution in [0.4, 0.5) is 0 Å². The molecule has 1 atom stereocenters. The minimum absolute atomic E-state index is 0.177. The molecule has 2 heteroatoms. The van der Waals surface area contributed by atoms with Crippen LogP contribution in [-0.2, 0) is 4.74 Å². The Labute approximate surface area is 86.3 Å². The van der Waals surface area contributed by atoms with E-state index in [-0.39, 0.29) is 12.0 Å². The number of hydrogen-bond donors (Lipinski definition) is 1. The van der Waals surface area contributed by atoms with Crippen molar-refractivity contribution in [2.45, 2.75) is 32.1 Å². The van der Waals surface area contributed by atoms with Gasteiger partial charge in [-0.15, -0.1) is 0 Å². The van der Waals surface area contributed by atoms with Gasteiger partial charge in [0.2, 0.25) is 0 Å². The molecular formula is C12H20O2. The number of ether oxygens (including phenoxy) is 1. The van der Waals surface area contributed by atoms with Gasteiger partial charge in [0.1, 0.15) is 0 Å². The first-order valence-electron chi connectivity index (χ1n) is 5.34. The van der Waals surface area contributed by atoms with E-state index >= 15 is 0 Å². The van der Waals surface area contributed by atoms with Crippen molar-refractivity contribution < 1.29 is 9.84 Å². The molecule has 0 aliphatic heterocycles. The minimum atomic E-state index is 0.177. The van der Waals surface area contributed by atoms with Crippen LogP contribution < -0.4 is 0 Å². The Balaban J connectivity index is 2.47. The summed E-state index contributed by atoms with van der Waals surface area (Å²) in [5.41, 5.74) is 0.177. The first-order chi connectivity index (χ1) is 6.83. The van der Waals surface area contributed by atoms with Crippen molar-refractivity contribution in [1.29, 1.82) is 0 Å². The van der Waals surface area contributed by atoms with Crippen molar-refractivity contribution in [2.24, 2.45) is 5.41 Å². The molecule has 0 saturated carbocycles. The van der Waals surface area contributed by atoms with Gasteiger partial charge in [-0.3, -0.25) is 0 Å². The summed E-state index contributed by atoms with van der Waals surface area (Å²) in [6.45, 7) is 4.49. The van der Waals surface area contributed by atoms with Crippen LogP contribution in [0, 0.1) is 5.41 Å². The summed E-state index contributed by atoms with van der Waals surface area (Å²) >= 11 is 0. The molecule has 80 valence electrons. The van der Waals surface area contributed by atoms with Gasteiger partial charge in [-0.25, -0.2) is 0 Å². The summed E-state index contributed by atoms with van der Waals surface area (Å²) in [6, 6.07) is 0. The van der Waals surface area contributed by atoms with Crippen molar-refractivity contribution >= 4 is 0 Å². The molecule has 1 rings (SSSR count). The second-order valence-corrected chi connectivity index (χ2v) is 3.92. The number of aliphatic hydroxyl groups is 1. The Morgan fingerprint density at radius 3 is 2.93 bits per heavy atom. The Morgan fingerprint density at radius 2 is 2.36 bits per heavy atom. The van der Waals surface area contributed by atoms with E-state index < -0.39 is 0 Å². The van der Waals surface area contributed by atoms with Gasteiger partial charge in [-0.2, -0.15) is 0 Å². The molecule has 1 aliphatic carbocycles. The van der Waals surface area contributed by atoms with E-state index in [1.807, 2.05) is 0 Å². The molecule has 1 N–H and O–H groups in total. The Hall–Kier alpha value is -0.760. The van der Waals surface area contributed by atoms with E-state index in [0.29, 0.717) is 6.61 Å². The maximum Gasteiger partial charge on any atom is 0.0881 e. The smallest absolute Gasteiger partial charge is 0.0881 e. The second-order valence-electron chi connectivity index (χ2n) is 3.92. The lowest BCUT2D eigenvalue weighted by Crippen LogP contribution is -2.23. The maximum atomic E-state index is 9.05. The van der Waals surface area contributed by atoms with E-state index in [9.17, 15) is 0 Å². The molecule has 0 aromatic rings. The molecule has 0 heterocycles. The third-order valence-electron chi connectivity index (χ3n) is 2.96. The van der Waals surface area contributed by atoms with Crippen LogP contribution in [0.1, 0.15) is 32.1 Å². The molecule has 0 radical (unpaired) electrons. The molecule has 0 fully saturated rings. The first kappa shape index (κ1) is 11.3. The fourth-order valence-corrected chi connectivity index (χ4v) is 2.10. The van der Waals surface area contributed by atoms with Gasteiger partial charge in [0.15, 0.2) is 0 Å². The molecule has 1 aliphatic rings. The number of allylic oxidation sites excluding steroid dienone is 2. The van der Waals surface area contributed by atoms with Crippen LogP contribution in [0.25, 0.3) is 0 Å². The summed E-state index contributed by atoms with van der Waals surface area (Å²) in [5, 5.41) is 9.05. The summed E-state index contributed by atoms with van der Waals surface area (Å²) < 4.78 is 5.16. The third-order valence-corrected chi connectivity index (χ3v) is 2.96. The molecule has 0 saturated heterocycles. The van der Waals surface area contributed by atoms with E-state index in [1.165, 1.54) is 25.5 Å². The van der Waals surface area contributed by atoms with Crippen molar-refractivity contribution in [3.05, 3.63) is 25.0 Å². The fraction of sp³-hybridized carbons (Fsp3) is 0.667. The fourth-order valence-electron chi connectivity index (χ4n) is 2.10. The zero-order valence-corrected chi connectivity index (χ0v) is 8.74. The monoisotopic (exact) mass is 196 g/mol. The topological polar surface area (TPSA) is 29.5 Å². The largest absolute Gasteiger partial charge is 0.502 e. The highest BCUT2D eigenvalue weighted by Crippen LogP contribution is 2.37. The predicted octanol–water partition coefficient (Wildman–Crippen LogP) is 2.65. The highest BCUT2D eigenvalue weighted by molar-refractivity contribution is 5.03. The van der Waals surface area contributed by atoms with Crippen LogP contribution in [0.15, 0.2) is 25.0 Å². The summed E-state index contributed by atoms with van der Waals surface area (Å²) in [4.78, 5) is 0. The van der Waals surface area contributed by atoms with Crippen molar-refractivity contribution in [1.82, 2.24) is 0 Å². The van der Waals surface area contributed by atoms with Crippen LogP contribution in [0.5, 0.6) is 0 Å². The first-order valence-corrected chi connectivity index (χ1v) is 5.34. The number of rotatable bonds is 6. The third kappa shape index (κ3) is 3.18. The van der Waals surface area contributed by atoms with E-state index in [1.54, 1.807) is 0 Å². The van der Waals surface area contributed by atoms with Crippen LogP contribution >= 0.6 is 0 Å². The van der Waals surface area contributed by atoms with Gasteiger partial charge in [0.25, 0.3) is 0 Å². The van der Waals surface area contributed by atoms with Gasteiger partial charge in [0, 0.05) is 6.61 Å². The summed E-state index contributed by atoms with van der Waals surface area (Å²) in [6.07, 6.45) is 11.4. The Morgan fingerprint density at radius 1 is 1.50 bits per heavy atom. The maximum absolute atomic E-state index is 9.05. The van der Waals surface area contributed by atoms with E-state index in [0.717, 1.165) is 12.8 Å². The quantitative estimate of drug-likeness (QED) is 0.402. The summed E-state index contributed by atoms with van der Waals surface area (Å²) in [5.74, 6) is 0. The van der Waals surface area contributed by atoms with Gasteiger partial charge in [0.05, 0.1) is 12.9 Å². The molecule has 0 bridgehead atoms. The lowest BCUT2D eigenvalue weighted by Gasteiger charge is -2.32. The van der Waals surface area contributed by atoms with E-state index in [2.05, 4.69) is 18.7 Å². The SMILES string of the molecule is C=COCCC1(CCO)C=CCCC1. The molecule has 0 aromatic heterocycles. The average molecular weight is 196 g/mol. The van der Waals surface area contributed by atoms with E-state index in [4.69, 9.17) is 9.84 Å². The van der Waals surface area contributed by atoms with Gasteiger partial charge < -0.3 is 9.84 Å². The predicted molar refractivity (Wildman–Crippen MR) is 57.9 cm³/mol. The van der Waals surface area contributed by atoms with Crippen LogP contribution in [0.3, 0.4) is 0 Å². The molecular weight excluding hydrogens is 176 g/mol. The molecule has 0 amide bonds. The highest BCUT2D eigenvalue weighted by atomic mass is 16.5. The zero-order valence-electron chi connectivity index (χ0n) is 8.74. The number of hydrogen-bond acceptors (Lipinski definition) is 2. The molecule has 0 spiro atoms. The Kier molecular flexibility index (Phi) is 4.74. The van der Waals surface area contributed by atoms with Crippen molar-refractivity contribution in [2.75, 3.05) is 13.2 Å².